The first-order valence-electron chi connectivity index (χ1n) is 10.0. The highest BCUT2D eigenvalue weighted by Crippen LogP contribution is 2.48. The van der Waals surface area contributed by atoms with Gasteiger partial charge in [-0.2, -0.15) is 0 Å². The van der Waals surface area contributed by atoms with E-state index in [1.807, 2.05) is 6.07 Å². The van der Waals surface area contributed by atoms with E-state index in [2.05, 4.69) is 62.2 Å². The Morgan fingerprint density at radius 2 is 1.67 bits per heavy atom. The minimum Gasteiger partial charge on any atom is -0.378 e. The number of likely N-dealkylation sites (N-methyl/N-ethyl adjacent to an activating group) is 1. The Labute approximate surface area is 161 Å². The van der Waals surface area contributed by atoms with Crippen molar-refractivity contribution in [3.8, 4) is 11.1 Å². The lowest BCUT2D eigenvalue weighted by atomic mass is 9.78. The molecule has 0 radical (unpaired) electrons. The molecule has 2 unspecified atom stereocenters. The third kappa shape index (κ3) is 2.52. The highest BCUT2D eigenvalue weighted by molar-refractivity contribution is 5.99. The lowest BCUT2D eigenvalue weighted by Crippen LogP contribution is -2.55. The maximum Gasteiger partial charge on any atom is 0.166 e. The molecule has 2 heterocycles. The fourth-order valence-electron chi connectivity index (χ4n) is 5.40. The van der Waals surface area contributed by atoms with Crippen molar-refractivity contribution < 1.29 is 9.53 Å². The number of morpholine rings is 1. The summed E-state index contributed by atoms with van der Waals surface area (Å²) in [6, 6.07) is 15.8. The van der Waals surface area contributed by atoms with Gasteiger partial charge >= 0.3 is 0 Å². The molecule has 2 bridgehead atoms. The molecule has 5 rings (SSSR count). The van der Waals surface area contributed by atoms with Crippen LogP contribution >= 0.6 is 0 Å². The molecular formula is C24H27NO2. The predicted molar refractivity (Wildman–Crippen MR) is 107 cm³/mol. The lowest BCUT2D eigenvalue weighted by molar-refractivity contribution is -0.0702. The lowest BCUT2D eigenvalue weighted by Gasteiger charge is -2.46. The van der Waals surface area contributed by atoms with Gasteiger partial charge in [-0.3, -0.25) is 9.69 Å². The van der Waals surface area contributed by atoms with Gasteiger partial charge in [0.2, 0.25) is 0 Å². The summed E-state index contributed by atoms with van der Waals surface area (Å²) in [5.41, 5.74) is 6.05. The first-order chi connectivity index (χ1) is 13.0. The summed E-state index contributed by atoms with van der Waals surface area (Å²) in [6.45, 7) is 6.04. The molecule has 3 nitrogen and oxygen atoms in total. The SMILES string of the molecule is CN1C2COCC1CC(C(=O)c1ccc3c(c1)C(C)(C)c1ccccc1-3)C2. The molecule has 0 amide bonds. The van der Waals surface area contributed by atoms with Crippen LogP contribution in [0.15, 0.2) is 42.5 Å². The van der Waals surface area contributed by atoms with Crippen molar-refractivity contribution in [1.82, 2.24) is 4.90 Å². The van der Waals surface area contributed by atoms with Gasteiger partial charge in [0, 0.05) is 29.0 Å². The van der Waals surface area contributed by atoms with E-state index < -0.39 is 0 Å². The molecular weight excluding hydrogens is 334 g/mol. The van der Waals surface area contributed by atoms with Crippen molar-refractivity contribution >= 4 is 5.78 Å². The molecule has 3 heteroatoms. The maximum absolute atomic E-state index is 13.4. The minimum atomic E-state index is -0.0562. The number of hydrogen-bond donors (Lipinski definition) is 0. The zero-order valence-electron chi connectivity index (χ0n) is 16.4. The van der Waals surface area contributed by atoms with E-state index in [-0.39, 0.29) is 11.3 Å². The van der Waals surface area contributed by atoms with Gasteiger partial charge in [0.1, 0.15) is 0 Å². The van der Waals surface area contributed by atoms with Crippen LogP contribution in [0.5, 0.6) is 0 Å². The van der Waals surface area contributed by atoms with Crippen LogP contribution in [-0.4, -0.2) is 43.0 Å². The standard InChI is InChI=1S/C24H27NO2/c1-24(2)21-7-5-4-6-19(21)20-9-8-15(12-22(20)24)23(26)16-10-17-13-27-14-18(11-16)25(17)3/h4-9,12,16-18H,10-11,13-14H2,1-3H3. The molecule has 27 heavy (non-hydrogen) atoms. The number of carbonyl (C=O) groups excluding carboxylic acids is 1. The van der Waals surface area contributed by atoms with Crippen LogP contribution in [0, 0.1) is 5.92 Å². The van der Waals surface area contributed by atoms with E-state index in [0.717, 1.165) is 31.6 Å². The number of carbonyl (C=O) groups is 1. The first-order valence-corrected chi connectivity index (χ1v) is 10.0. The molecule has 0 aromatic heterocycles. The molecule has 2 atom stereocenters. The van der Waals surface area contributed by atoms with Gasteiger partial charge in [0.25, 0.3) is 0 Å². The average molecular weight is 361 g/mol. The van der Waals surface area contributed by atoms with Crippen LogP contribution in [0.4, 0.5) is 0 Å². The summed E-state index contributed by atoms with van der Waals surface area (Å²) in [7, 11) is 2.17. The van der Waals surface area contributed by atoms with Crippen molar-refractivity contribution in [2.45, 2.75) is 44.2 Å². The number of benzene rings is 2. The Hall–Kier alpha value is -1.97. The summed E-state index contributed by atoms with van der Waals surface area (Å²) < 4.78 is 5.71. The second-order valence-corrected chi connectivity index (χ2v) is 8.97. The Kier molecular flexibility index (Phi) is 3.82. The van der Waals surface area contributed by atoms with Crippen molar-refractivity contribution in [1.29, 1.82) is 0 Å². The zero-order chi connectivity index (χ0) is 18.8. The Morgan fingerprint density at radius 1 is 1.00 bits per heavy atom. The van der Waals surface area contributed by atoms with Crippen LogP contribution in [0.3, 0.4) is 0 Å². The molecule has 2 aliphatic heterocycles. The zero-order valence-corrected chi connectivity index (χ0v) is 16.4. The van der Waals surface area contributed by atoms with Crippen molar-refractivity contribution in [3.63, 3.8) is 0 Å². The minimum absolute atomic E-state index is 0.0562. The normalized spacial score (nSPS) is 28.5. The summed E-state index contributed by atoms with van der Waals surface area (Å²) in [5.74, 6) is 0.430. The second-order valence-electron chi connectivity index (χ2n) is 8.97. The highest BCUT2D eigenvalue weighted by Gasteiger charge is 2.40. The Bertz CT molecular complexity index is 902. The van der Waals surface area contributed by atoms with Crippen molar-refractivity contribution in [3.05, 3.63) is 59.2 Å². The summed E-state index contributed by atoms with van der Waals surface area (Å²) in [5, 5.41) is 0. The molecule has 1 aliphatic carbocycles. The predicted octanol–water partition coefficient (Wildman–Crippen LogP) is 4.28. The van der Waals surface area contributed by atoms with Gasteiger partial charge in [-0.25, -0.2) is 0 Å². The van der Waals surface area contributed by atoms with E-state index in [4.69, 9.17) is 4.74 Å². The van der Waals surface area contributed by atoms with E-state index >= 15 is 0 Å². The monoisotopic (exact) mass is 361 g/mol. The van der Waals surface area contributed by atoms with Gasteiger partial charge in [0.15, 0.2) is 5.78 Å². The third-order valence-electron chi connectivity index (χ3n) is 7.12. The van der Waals surface area contributed by atoms with Crippen LogP contribution in [0.25, 0.3) is 11.1 Å². The number of Topliss-reactive ketones (excluding diaryl/α,β-unsaturated/α-hetero) is 1. The number of hydrogen-bond acceptors (Lipinski definition) is 3. The third-order valence-corrected chi connectivity index (χ3v) is 7.12. The van der Waals surface area contributed by atoms with E-state index in [1.54, 1.807) is 0 Å². The molecule has 3 aliphatic rings. The number of nitrogens with zero attached hydrogens (tertiary/aromatic N) is 1. The Morgan fingerprint density at radius 3 is 2.41 bits per heavy atom. The van der Waals surface area contributed by atoms with Gasteiger partial charge in [-0.1, -0.05) is 50.2 Å². The van der Waals surface area contributed by atoms with Crippen molar-refractivity contribution in [2.24, 2.45) is 5.92 Å². The summed E-state index contributed by atoms with van der Waals surface area (Å²) >= 11 is 0. The topological polar surface area (TPSA) is 29.5 Å². The fraction of sp³-hybridized carbons (Fsp3) is 0.458. The molecule has 2 fully saturated rings. The number of rotatable bonds is 2. The number of ketones is 1. The molecule has 2 aromatic rings. The quantitative estimate of drug-likeness (QED) is 0.748. The van der Waals surface area contributed by atoms with Crippen molar-refractivity contribution in [2.75, 3.05) is 20.3 Å². The van der Waals surface area contributed by atoms with Crippen LogP contribution in [0.1, 0.15) is 48.2 Å². The average Bonchev–Trinajstić information content (AvgIpc) is 2.89. The van der Waals surface area contributed by atoms with Gasteiger partial charge in [-0.05, 0) is 48.2 Å². The molecule has 0 saturated carbocycles. The Balaban J connectivity index is 1.48. The van der Waals surface area contributed by atoms with Gasteiger partial charge in [-0.15, -0.1) is 0 Å². The van der Waals surface area contributed by atoms with E-state index in [0.29, 0.717) is 17.9 Å². The summed E-state index contributed by atoms with van der Waals surface area (Å²) in [4.78, 5) is 15.8. The van der Waals surface area contributed by atoms with Gasteiger partial charge < -0.3 is 4.74 Å². The molecule has 140 valence electrons. The van der Waals surface area contributed by atoms with E-state index in [9.17, 15) is 4.79 Å². The second kappa shape index (κ2) is 6.02. The number of ether oxygens (including phenoxy) is 1. The smallest absolute Gasteiger partial charge is 0.166 e. The number of piperidine rings is 1. The highest BCUT2D eigenvalue weighted by atomic mass is 16.5. The first kappa shape index (κ1) is 17.2. The van der Waals surface area contributed by atoms with Crippen LogP contribution < -0.4 is 0 Å². The van der Waals surface area contributed by atoms with Gasteiger partial charge in [0.05, 0.1) is 13.2 Å². The maximum atomic E-state index is 13.4. The molecule has 2 aromatic carbocycles. The van der Waals surface area contributed by atoms with E-state index in [1.165, 1.54) is 22.3 Å². The van der Waals surface area contributed by atoms with Crippen LogP contribution in [0.2, 0.25) is 0 Å². The molecule has 0 spiro atoms. The summed E-state index contributed by atoms with van der Waals surface area (Å²) in [6.07, 6.45) is 1.82. The van der Waals surface area contributed by atoms with Crippen LogP contribution in [-0.2, 0) is 10.2 Å². The fourth-order valence-corrected chi connectivity index (χ4v) is 5.40. The number of fused-ring (bicyclic) bond motifs is 5. The molecule has 0 N–H and O–H groups in total. The largest absolute Gasteiger partial charge is 0.378 e. The molecule has 2 saturated heterocycles.